The Kier molecular flexibility index (Phi) is 5.05. The quantitative estimate of drug-likeness (QED) is 0.877. The average Bonchev–Trinajstić information content (AvgIpc) is 2.61. The Labute approximate surface area is 142 Å². The fraction of sp³-hybridized carbons (Fsp3) is 0.389. The van der Waals surface area contributed by atoms with Crippen LogP contribution in [0.1, 0.15) is 11.1 Å². The second-order valence-corrected chi connectivity index (χ2v) is 5.84. The lowest BCUT2D eigenvalue weighted by molar-refractivity contribution is 0.165. The molecule has 0 fully saturated rings. The van der Waals surface area contributed by atoms with E-state index in [9.17, 15) is 0 Å². The number of anilines is 1. The monoisotopic (exact) mass is 329 g/mol. The van der Waals surface area contributed by atoms with Crippen LogP contribution < -0.4 is 24.4 Å². The van der Waals surface area contributed by atoms with Gasteiger partial charge in [-0.1, -0.05) is 6.07 Å². The first-order chi connectivity index (χ1) is 11.7. The van der Waals surface area contributed by atoms with Gasteiger partial charge in [-0.05, 0) is 29.3 Å². The third kappa shape index (κ3) is 3.71. The van der Waals surface area contributed by atoms with Crippen LogP contribution in [0.25, 0.3) is 0 Å². The van der Waals surface area contributed by atoms with Gasteiger partial charge >= 0.3 is 0 Å². The number of benzene rings is 1. The van der Waals surface area contributed by atoms with Gasteiger partial charge in [0.2, 0.25) is 5.75 Å². The molecule has 0 saturated heterocycles. The number of methoxy groups -OCH3 is 1. The first kappa shape index (κ1) is 16.4. The molecule has 2 aromatic rings. The van der Waals surface area contributed by atoms with E-state index in [4.69, 9.17) is 14.2 Å². The third-order valence-electron chi connectivity index (χ3n) is 3.81. The molecule has 6 heteroatoms. The van der Waals surface area contributed by atoms with Gasteiger partial charge in [-0.15, -0.1) is 0 Å². The molecule has 1 aromatic heterocycles. The molecule has 0 aliphatic carbocycles. The zero-order valence-corrected chi connectivity index (χ0v) is 14.3. The van der Waals surface area contributed by atoms with Crippen LogP contribution in [0.15, 0.2) is 30.5 Å². The maximum Gasteiger partial charge on any atom is 0.203 e. The highest BCUT2D eigenvalue weighted by Gasteiger charge is 2.18. The summed E-state index contributed by atoms with van der Waals surface area (Å²) >= 11 is 0. The Morgan fingerprint density at radius 1 is 1.12 bits per heavy atom. The summed E-state index contributed by atoms with van der Waals surface area (Å²) in [6.45, 7) is 2.58. The van der Waals surface area contributed by atoms with Crippen LogP contribution in [0, 0.1) is 0 Å². The highest BCUT2D eigenvalue weighted by molar-refractivity contribution is 5.54. The molecule has 0 bridgehead atoms. The number of nitrogens with one attached hydrogen (secondary N) is 1. The van der Waals surface area contributed by atoms with Gasteiger partial charge in [0.05, 0.1) is 7.11 Å². The lowest BCUT2D eigenvalue weighted by Crippen LogP contribution is -2.17. The van der Waals surface area contributed by atoms with E-state index in [1.165, 1.54) is 0 Å². The van der Waals surface area contributed by atoms with Crippen molar-refractivity contribution in [2.75, 3.05) is 39.3 Å². The Morgan fingerprint density at radius 3 is 2.62 bits per heavy atom. The largest absolute Gasteiger partial charge is 0.493 e. The topological polar surface area (TPSA) is 55.9 Å². The lowest BCUT2D eigenvalue weighted by Gasteiger charge is -2.21. The number of hydrogen-bond donors (Lipinski definition) is 1. The van der Waals surface area contributed by atoms with Crippen LogP contribution in [0.5, 0.6) is 17.2 Å². The highest BCUT2D eigenvalue weighted by Crippen LogP contribution is 2.40. The minimum Gasteiger partial charge on any atom is -0.493 e. The van der Waals surface area contributed by atoms with E-state index in [1.807, 2.05) is 43.4 Å². The van der Waals surface area contributed by atoms with Crippen molar-refractivity contribution in [2.24, 2.45) is 0 Å². The molecule has 0 unspecified atom stereocenters. The second-order valence-electron chi connectivity index (χ2n) is 5.84. The highest BCUT2D eigenvalue weighted by atomic mass is 16.6. The van der Waals surface area contributed by atoms with E-state index >= 15 is 0 Å². The zero-order valence-electron chi connectivity index (χ0n) is 14.3. The molecule has 3 rings (SSSR count). The summed E-state index contributed by atoms with van der Waals surface area (Å²) in [5, 5.41) is 3.42. The predicted molar refractivity (Wildman–Crippen MR) is 93.1 cm³/mol. The average molecular weight is 329 g/mol. The number of aromatic nitrogens is 1. The first-order valence-corrected chi connectivity index (χ1v) is 7.97. The molecule has 0 saturated carbocycles. The van der Waals surface area contributed by atoms with Crippen LogP contribution in [0.3, 0.4) is 0 Å². The molecule has 1 aromatic carbocycles. The molecule has 0 atom stereocenters. The van der Waals surface area contributed by atoms with Crippen LogP contribution >= 0.6 is 0 Å². The van der Waals surface area contributed by atoms with E-state index in [1.54, 1.807) is 7.11 Å². The van der Waals surface area contributed by atoms with Crippen molar-refractivity contribution in [2.45, 2.75) is 13.1 Å². The Bertz CT molecular complexity index is 669. The van der Waals surface area contributed by atoms with Crippen molar-refractivity contribution in [1.82, 2.24) is 10.3 Å². The van der Waals surface area contributed by atoms with Crippen LogP contribution in [0.2, 0.25) is 0 Å². The molecule has 1 aliphatic rings. The summed E-state index contributed by atoms with van der Waals surface area (Å²) in [5.41, 5.74) is 2.24. The molecule has 6 nitrogen and oxygen atoms in total. The molecular formula is C18H23N3O3. The summed E-state index contributed by atoms with van der Waals surface area (Å²) in [6, 6.07) is 8.08. The predicted octanol–water partition coefficient (Wildman–Crippen LogP) is 2.22. The normalized spacial score (nSPS) is 12.8. The number of rotatable bonds is 6. The molecule has 2 heterocycles. The molecule has 1 aliphatic heterocycles. The van der Waals surface area contributed by atoms with Crippen molar-refractivity contribution in [3.05, 3.63) is 41.6 Å². The fourth-order valence-electron chi connectivity index (χ4n) is 2.57. The Hall–Kier alpha value is -2.47. The summed E-state index contributed by atoms with van der Waals surface area (Å²) in [5.74, 6) is 3.10. The molecule has 128 valence electrons. The van der Waals surface area contributed by atoms with E-state index in [-0.39, 0.29) is 0 Å². The standard InChI is InChI=1S/C18H23N3O3/c1-21(2)17-5-4-13(12-20-17)10-19-11-14-8-15(22-3)18-16(9-14)23-6-7-24-18/h4-5,8-9,12,19H,6-7,10-11H2,1-3H3. The first-order valence-electron chi connectivity index (χ1n) is 7.97. The Morgan fingerprint density at radius 2 is 1.92 bits per heavy atom. The number of fused-ring (bicyclic) bond motifs is 1. The summed E-state index contributed by atoms with van der Waals surface area (Å²) < 4.78 is 16.7. The summed E-state index contributed by atoms with van der Waals surface area (Å²) in [6.07, 6.45) is 1.90. The SMILES string of the molecule is COc1cc(CNCc2ccc(N(C)C)nc2)cc2c1OCCO2. The van der Waals surface area contributed by atoms with E-state index in [0.29, 0.717) is 31.3 Å². The van der Waals surface area contributed by atoms with E-state index in [2.05, 4.69) is 16.4 Å². The van der Waals surface area contributed by atoms with Crippen molar-refractivity contribution < 1.29 is 14.2 Å². The van der Waals surface area contributed by atoms with Gasteiger partial charge in [0.15, 0.2) is 11.5 Å². The third-order valence-corrected chi connectivity index (χ3v) is 3.81. The van der Waals surface area contributed by atoms with Gasteiger partial charge < -0.3 is 24.4 Å². The zero-order chi connectivity index (χ0) is 16.9. The summed E-state index contributed by atoms with van der Waals surface area (Å²) in [7, 11) is 5.60. The van der Waals surface area contributed by atoms with E-state index in [0.717, 1.165) is 29.2 Å². The van der Waals surface area contributed by atoms with Gasteiger partial charge in [0.1, 0.15) is 19.0 Å². The van der Waals surface area contributed by atoms with Gasteiger partial charge in [-0.3, -0.25) is 0 Å². The number of nitrogens with zero attached hydrogens (tertiary/aromatic N) is 2. The van der Waals surface area contributed by atoms with Crippen molar-refractivity contribution in [1.29, 1.82) is 0 Å². The minimum absolute atomic E-state index is 0.552. The molecular weight excluding hydrogens is 306 g/mol. The smallest absolute Gasteiger partial charge is 0.203 e. The molecule has 0 radical (unpaired) electrons. The number of hydrogen-bond acceptors (Lipinski definition) is 6. The second kappa shape index (κ2) is 7.40. The van der Waals surface area contributed by atoms with Gasteiger partial charge in [0, 0.05) is 33.4 Å². The van der Waals surface area contributed by atoms with Crippen molar-refractivity contribution >= 4 is 5.82 Å². The van der Waals surface area contributed by atoms with Crippen molar-refractivity contribution in [3.8, 4) is 17.2 Å². The van der Waals surface area contributed by atoms with Gasteiger partial charge in [-0.2, -0.15) is 0 Å². The van der Waals surface area contributed by atoms with E-state index < -0.39 is 0 Å². The Balaban J connectivity index is 1.62. The van der Waals surface area contributed by atoms with Crippen LogP contribution in [0.4, 0.5) is 5.82 Å². The maximum atomic E-state index is 5.66. The number of ether oxygens (including phenoxy) is 3. The van der Waals surface area contributed by atoms with Crippen LogP contribution in [-0.2, 0) is 13.1 Å². The number of pyridine rings is 1. The summed E-state index contributed by atoms with van der Waals surface area (Å²) in [4.78, 5) is 6.40. The molecule has 0 amide bonds. The molecule has 1 N–H and O–H groups in total. The lowest BCUT2D eigenvalue weighted by atomic mass is 10.1. The molecule has 24 heavy (non-hydrogen) atoms. The van der Waals surface area contributed by atoms with Gasteiger partial charge in [-0.25, -0.2) is 4.98 Å². The van der Waals surface area contributed by atoms with Crippen molar-refractivity contribution in [3.63, 3.8) is 0 Å². The van der Waals surface area contributed by atoms with Gasteiger partial charge in [0.25, 0.3) is 0 Å². The van der Waals surface area contributed by atoms with Crippen LogP contribution in [-0.4, -0.2) is 39.4 Å². The fourth-order valence-corrected chi connectivity index (χ4v) is 2.57. The maximum absolute atomic E-state index is 5.66. The minimum atomic E-state index is 0.552. The molecule has 0 spiro atoms.